The van der Waals surface area contributed by atoms with Crippen LogP contribution in [0.25, 0.3) is 0 Å². The maximum atomic E-state index is 7.91. The number of rotatable bonds is 13. The third-order valence-electron chi connectivity index (χ3n) is 18.4. The average molecular weight is 1370 g/mol. The van der Waals surface area contributed by atoms with Crippen molar-refractivity contribution in [1.29, 1.82) is 0 Å². The SMILES string of the molecule is CC(C)(C)c1ccc(Nc2ccc(C(C)(C)C)cc2)cc1.Cc1cc(Cl)c(Cl)c([Si](c2ccccc2)(c2ccccc2)c2ccccc2)c1.Cc1cc(N(c2ccc(C(C)(C)C)cc2)c2ccc(C(C)(C)C)cc2)c(Cl)c([Si](c2ccccc2)(c2ccccc2)c2ccccc2)c1. The molecule has 0 aliphatic rings. The van der Waals surface area contributed by atoms with Gasteiger partial charge in [0.2, 0.25) is 0 Å². The first-order valence-corrected chi connectivity index (χ1v) is 38.9. The second-order valence-electron chi connectivity index (χ2n) is 29.7. The average Bonchev–Trinajstić information content (AvgIpc) is 0.729. The molecular formula is C90H93Cl3N2Si2. The van der Waals surface area contributed by atoms with Gasteiger partial charge in [-0.25, -0.2) is 0 Å². The molecule has 2 nitrogen and oxygen atoms in total. The molecule has 0 aliphatic heterocycles. The molecular weight excluding hydrogens is 1270 g/mol. The van der Waals surface area contributed by atoms with Crippen molar-refractivity contribution in [3.05, 3.63) is 352 Å². The number of hydrogen-bond acceptors (Lipinski definition) is 2. The van der Waals surface area contributed by atoms with Crippen LogP contribution in [0.3, 0.4) is 0 Å². The summed E-state index contributed by atoms with van der Waals surface area (Å²) >= 11 is 21.4. The highest BCUT2D eigenvalue weighted by atomic mass is 35.5. The van der Waals surface area contributed by atoms with Gasteiger partial charge in [-0.2, -0.15) is 0 Å². The molecule has 0 radical (unpaired) electrons. The van der Waals surface area contributed by atoms with E-state index in [1.165, 1.54) is 64.1 Å². The van der Waals surface area contributed by atoms with E-state index in [-0.39, 0.29) is 21.7 Å². The van der Waals surface area contributed by atoms with Gasteiger partial charge in [0.25, 0.3) is 0 Å². The summed E-state index contributed by atoms with van der Waals surface area (Å²) in [4.78, 5) is 2.35. The highest BCUT2D eigenvalue weighted by molar-refractivity contribution is 7.21. The smallest absolute Gasteiger partial charge is 0.181 e. The molecule has 0 saturated carbocycles. The fourth-order valence-electron chi connectivity index (χ4n) is 13.2. The van der Waals surface area contributed by atoms with E-state index in [1.54, 1.807) is 0 Å². The number of aryl methyl sites for hydroxylation is 2. The Morgan fingerprint density at radius 1 is 0.278 bits per heavy atom. The lowest BCUT2D eigenvalue weighted by Gasteiger charge is -2.37. The van der Waals surface area contributed by atoms with Crippen LogP contribution >= 0.6 is 34.8 Å². The monoisotopic (exact) mass is 1360 g/mol. The van der Waals surface area contributed by atoms with E-state index in [0.717, 1.165) is 44.2 Å². The molecule has 0 heterocycles. The normalized spacial score (nSPS) is 12.0. The summed E-state index contributed by atoms with van der Waals surface area (Å²) in [6.45, 7) is 31.3. The van der Waals surface area contributed by atoms with Crippen molar-refractivity contribution < 1.29 is 0 Å². The topological polar surface area (TPSA) is 15.3 Å². The largest absolute Gasteiger partial charge is 0.356 e. The zero-order chi connectivity index (χ0) is 69.3. The van der Waals surface area contributed by atoms with Gasteiger partial charge >= 0.3 is 0 Å². The fourth-order valence-corrected chi connectivity index (χ4v) is 24.5. The lowest BCUT2D eigenvalue weighted by Crippen LogP contribution is -2.75. The van der Waals surface area contributed by atoms with Crippen LogP contribution in [-0.4, -0.2) is 16.1 Å². The zero-order valence-electron chi connectivity index (χ0n) is 58.9. The molecule has 0 spiro atoms. The molecule has 7 heteroatoms. The van der Waals surface area contributed by atoms with Gasteiger partial charge in [-0.05, 0) is 171 Å². The molecule has 12 rings (SSSR count). The van der Waals surface area contributed by atoms with E-state index in [4.69, 9.17) is 34.8 Å². The van der Waals surface area contributed by atoms with Crippen molar-refractivity contribution in [2.45, 2.75) is 119 Å². The molecule has 492 valence electrons. The summed E-state index contributed by atoms with van der Waals surface area (Å²) in [5.41, 5.74) is 13.5. The van der Waals surface area contributed by atoms with Crippen molar-refractivity contribution in [3.8, 4) is 0 Å². The van der Waals surface area contributed by atoms with E-state index < -0.39 is 16.1 Å². The Morgan fingerprint density at radius 3 is 0.773 bits per heavy atom. The second-order valence-corrected chi connectivity index (χ2v) is 38.4. The number of anilines is 5. The lowest BCUT2D eigenvalue weighted by molar-refractivity contribution is 0.590. The number of halogens is 3. The zero-order valence-corrected chi connectivity index (χ0v) is 63.2. The van der Waals surface area contributed by atoms with Crippen molar-refractivity contribution in [2.75, 3.05) is 10.2 Å². The van der Waals surface area contributed by atoms with E-state index in [0.29, 0.717) is 10.0 Å². The maximum Gasteiger partial charge on any atom is 0.181 e. The van der Waals surface area contributed by atoms with Crippen molar-refractivity contribution in [1.82, 2.24) is 0 Å². The predicted molar refractivity (Wildman–Crippen MR) is 430 cm³/mol. The first-order valence-electron chi connectivity index (χ1n) is 33.8. The second kappa shape index (κ2) is 30.1. The quantitative estimate of drug-likeness (QED) is 0.0914. The molecule has 0 fully saturated rings. The van der Waals surface area contributed by atoms with Gasteiger partial charge in [0, 0.05) is 22.7 Å². The Morgan fingerprint density at radius 2 is 0.515 bits per heavy atom. The molecule has 0 bridgehead atoms. The third kappa shape index (κ3) is 16.1. The summed E-state index contributed by atoms with van der Waals surface area (Å²) in [5.74, 6) is 0. The van der Waals surface area contributed by atoms with Crippen molar-refractivity contribution in [2.24, 2.45) is 0 Å². The minimum absolute atomic E-state index is 0.0537. The van der Waals surface area contributed by atoms with Crippen molar-refractivity contribution in [3.63, 3.8) is 0 Å². The van der Waals surface area contributed by atoms with Gasteiger partial charge in [0.15, 0.2) is 16.1 Å². The van der Waals surface area contributed by atoms with Crippen LogP contribution in [0.1, 0.15) is 116 Å². The first-order chi connectivity index (χ1) is 46.2. The van der Waals surface area contributed by atoms with Gasteiger partial charge in [-0.1, -0.05) is 361 Å². The Kier molecular flexibility index (Phi) is 22.1. The van der Waals surface area contributed by atoms with Gasteiger partial charge in [-0.3, -0.25) is 0 Å². The molecule has 0 unspecified atom stereocenters. The molecule has 0 atom stereocenters. The summed E-state index contributed by atoms with van der Waals surface area (Å²) in [6, 6.07) is 109. The van der Waals surface area contributed by atoms with Gasteiger partial charge in [0.1, 0.15) is 0 Å². The molecule has 0 saturated heterocycles. The fraction of sp³-hybridized carbons (Fsp3) is 0.200. The summed E-state index contributed by atoms with van der Waals surface area (Å²) in [6.07, 6.45) is 0. The number of nitrogens with one attached hydrogen (secondary N) is 1. The van der Waals surface area contributed by atoms with Crippen LogP contribution in [0.2, 0.25) is 15.1 Å². The van der Waals surface area contributed by atoms with Gasteiger partial charge in [-0.15, -0.1) is 0 Å². The van der Waals surface area contributed by atoms with Crippen LogP contribution < -0.4 is 51.7 Å². The molecule has 12 aromatic rings. The van der Waals surface area contributed by atoms with E-state index in [9.17, 15) is 0 Å². The minimum Gasteiger partial charge on any atom is -0.356 e. The highest BCUT2D eigenvalue weighted by Gasteiger charge is 2.45. The Hall–Kier alpha value is -8.46. The van der Waals surface area contributed by atoms with E-state index in [1.807, 2.05) is 6.07 Å². The van der Waals surface area contributed by atoms with Crippen LogP contribution in [0.5, 0.6) is 0 Å². The minimum atomic E-state index is -2.88. The molecule has 1 N–H and O–H groups in total. The Bertz CT molecular complexity index is 4200. The lowest BCUT2D eigenvalue weighted by atomic mass is 9.86. The van der Waals surface area contributed by atoms with Gasteiger partial charge < -0.3 is 10.2 Å². The van der Waals surface area contributed by atoms with Crippen LogP contribution in [0.4, 0.5) is 28.4 Å². The highest BCUT2D eigenvalue weighted by Crippen LogP contribution is 2.41. The maximum absolute atomic E-state index is 7.91. The molecule has 12 aromatic carbocycles. The van der Waals surface area contributed by atoms with E-state index in [2.05, 4.69) is 404 Å². The third-order valence-corrected chi connectivity index (χ3v) is 29.6. The number of nitrogens with zero attached hydrogens (tertiary/aromatic N) is 1. The molecule has 97 heavy (non-hydrogen) atoms. The number of hydrogen-bond donors (Lipinski definition) is 1. The van der Waals surface area contributed by atoms with Gasteiger partial charge in [0.05, 0.1) is 20.8 Å². The Labute approximate surface area is 597 Å². The number of benzene rings is 12. The van der Waals surface area contributed by atoms with Crippen LogP contribution in [0.15, 0.2) is 303 Å². The van der Waals surface area contributed by atoms with Crippen LogP contribution in [-0.2, 0) is 21.7 Å². The summed E-state index contributed by atoms with van der Waals surface area (Å²) in [5, 5.41) is 15.6. The van der Waals surface area contributed by atoms with Crippen LogP contribution in [0, 0.1) is 13.8 Å². The summed E-state index contributed by atoms with van der Waals surface area (Å²) in [7, 11) is -5.50. The summed E-state index contributed by atoms with van der Waals surface area (Å²) < 4.78 is 0. The van der Waals surface area contributed by atoms with E-state index >= 15 is 0 Å². The first kappa shape index (κ1) is 71.3. The molecule has 0 aliphatic carbocycles. The molecule has 0 aromatic heterocycles. The standard InChI is InChI=1S/C45H46ClNSi.C25H20Cl2Si.C20H27N/c1-33-31-41(47(36-27-23-34(24-28-36)44(2,3)4)37-29-25-35(26-30-37)45(5,6)7)43(46)42(32-33)48(38-17-11-8-12-18-38,39-19-13-9-14-20-39)40-21-15-10-16-22-40;1-19-17-23(26)25(27)24(18-19)28(20-11-5-2-6-12-20,21-13-7-3-8-14-21)22-15-9-4-10-16-22;1-19(2,3)15-7-11-17(12-8-15)21-18-13-9-16(10-14-18)20(4,5)6/h8-32H,1-7H3;2-18H,1H3;7-14,21H,1-6H3. The Balaban J connectivity index is 0.000000175. The predicted octanol–water partition coefficient (Wildman–Crippen LogP) is 20.8. The van der Waals surface area contributed by atoms with Crippen molar-refractivity contribution >= 4 is 121 Å². The molecule has 0 amide bonds.